The van der Waals surface area contributed by atoms with Crippen molar-refractivity contribution in [2.45, 2.75) is 32.4 Å². The number of rotatable bonds is 10. The Balaban J connectivity index is 3.16. The van der Waals surface area contributed by atoms with Gasteiger partial charge in [-0.25, -0.2) is 9.80 Å². The number of carbonyl (C=O) groups is 4. The van der Waals surface area contributed by atoms with E-state index in [4.69, 9.17) is 16.6 Å². The van der Waals surface area contributed by atoms with Gasteiger partial charge in [0.05, 0.1) is 6.42 Å². The molecule has 0 aliphatic heterocycles. The average molecular weight is 419 g/mol. The molecule has 1 aromatic carbocycles. The van der Waals surface area contributed by atoms with Gasteiger partial charge in [0.15, 0.2) is 6.04 Å². The van der Waals surface area contributed by atoms with Crippen molar-refractivity contribution in [1.82, 2.24) is 10.3 Å². The lowest BCUT2D eigenvalue weighted by Crippen LogP contribution is -2.54. The minimum atomic E-state index is -1.60. The molecule has 1 rings (SSSR count). The minimum absolute atomic E-state index is 0.497. The Bertz CT molecular complexity index is 833. The second-order valence-corrected chi connectivity index (χ2v) is 6.64. The number of carboxylic acids is 2. The van der Waals surface area contributed by atoms with Crippen LogP contribution in [-0.4, -0.2) is 57.0 Å². The second kappa shape index (κ2) is 11.2. The van der Waals surface area contributed by atoms with Crippen LogP contribution in [0.3, 0.4) is 0 Å². The summed E-state index contributed by atoms with van der Waals surface area (Å²) in [4.78, 5) is 48.0. The first-order valence-corrected chi connectivity index (χ1v) is 8.93. The summed E-state index contributed by atoms with van der Waals surface area (Å²) in [6.07, 6.45) is 1.80. The number of benzene rings is 1. The monoisotopic (exact) mass is 419 g/mol. The van der Waals surface area contributed by atoms with Gasteiger partial charge in [-0.2, -0.15) is 0 Å². The van der Waals surface area contributed by atoms with Gasteiger partial charge in [0, 0.05) is 6.08 Å². The Hall–Kier alpha value is -3.89. The van der Waals surface area contributed by atoms with E-state index in [0.717, 1.165) is 6.08 Å². The largest absolute Gasteiger partial charge is 0.481 e. The molecule has 2 amide bonds. The van der Waals surface area contributed by atoms with Crippen molar-refractivity contribution in [1.29, 1.82) is 0 Å². The van der Waals surface area contributed by atoms with Crippen LogP contribution < -0.4 is 16.8 Å². The molecule has 0 aliphatic carbocycles. The van der Waals surface area contributed by atoms with E-state index >= 15 is 0 Å². The van der Waals surface area contributed by atoms with E-state index in [0.29, 0.717) is 10.6 Å². The number of hydrazone groups is 1. The van der Waals surface area contributed by atoms with Gasteiger partial charge in [-0.1, -0.05) is 44.2 Å². The number of nitrogens with two attached hydrogens (primary N) is 2. The normalized spacial score (nSPS) is 12.8. The van der Waals surface area contributed by atoms with Crippen molar-refractivity contribution in [3.8, 4) is 0 Å². The van der Waals surface area contributed by atoms with E-state index in [-0.39, 0.29) is 0 Å². The molecule has 0 bridgehead atoms. The Morgan fingerprint density at radius 2 is 1.73 bits per heavy atom. The summed E-state index contributed by atoms with van der Waals surface area (Å²) in [6.45, 7) is 3.04. The lowest BCUT2D eigenvalue weighted by Gasteiger charge is -2.30. The third-order valence-electron chi connectivity index (χ3n) is 3.82. The van der Waals surface area contributed by atoms with E-state index in [9.17, 15) is 24.3 Å². The molecule has 0 fully saturated rings. The summed E-state index contributed by atoms with van der Waals surface area (Å²) in [5.41, 5.74) is 11.3. The number of carboxylic acid groups (broad SMARTS) is 2. The van der Waals surface area contributed by atoms with Gasteiger partial charge in [0.25, 0.3) is 5.91 Å². The quantitative estimate of drug-likeness (QED) is 0.149. The smallest absolute Gasteiger partial charge is 0.328 e. The predicted molar refractivity (Wildman–Crippen MR) is 109 cm³/mol. The summed E-state index contributed by atoms with van der Waals surface area (Å²) < 4.78 is 0. The molecule has 0 saturated heterocycles. The Labute approximate surface area is 173 Å². The second-order valence-electron chi connectivity index (χ2n) is 6.64. The first-order valence-electron chi connectivity index (χ1n) is 8.93. The highest BCUT2D eigenvalue weighted by Crippen LogP contribution is 2.15. The number of aliphatic carboxylic acids is 2. The van der Waals surface area contributed by atoms with Crippen LogP contribution in [0.1, 0.15) is 25.8 Å². The third kappa shape index (κ3) is 7.62. The number of guanidine groups is 1. The predicted octanol–water partition coefficient (Wildman–Crippen LogP) is -0.214. The molecule has 11 heteroatoms. The third-order valence-corrected chi connectivity index (χ3v) is 3.82. The van der Waals surface area contributed by atoms with Gasteiger partial charge in [0.1, 0.15) is 6.04 Å². The van der Waals surface area contributed by atoms with E-state index in [1.807, 2.05) is 0 Å². The maximum absolute atomic E-state index is 12.9. The zero-order valence-electron chi connectivity index (χ0n) is 16.6. The standard InChI is InChI=1S/C19H25N5O6/c1-11(2)16(18(29)30)24(23-19(20)21)17(28)13(10-15(26)27)22-14(25)9-8-12-6-4-3-5-7-12/h3-9,11,13,16H,10H2,1-2H3,(H,22,25)(H,26,27)(H,29,30)(H4,20,21,23)/t13-,16-/m0/s1. The molecule has 11 nitrogen and oxygen atoms in total. The zero-order chi connectivity index (χ0) is 22.8. The summed E-state index contributed by atoms with van der Waals surface area (Å²) >= 11 is 0. The lowest BCUT2D eigenvalue weighted by molar-refractivity contribution is -0.154. The molecule has 0 saturated carbocycles. The van der Waals surface area contributed by atoms with Crippen LogP contribution >= 0.6 is 0 Å². The Morgan fingerprint density at radius 1 is 1.13 bits per heavy atom. The number of nitrogens with zero attached hydrogens (tertiary/aromatic N) is 2. The summed E-state index contributed by atoms with van der Waals surface area (Å²) in [7, 11) is 0. The number of carbonyl (C=O) groups excluding carboxylic acids is 2. The van der Waals surface area contributed by atoms with E-state index in [2.05, 4.69) is 10.4 Å². The molecule has 0 aliphatic rings. The maximum atomic E-state index is 12.9. The van der Waals surface area contributed by atoms with Crippen LogP contribution in [0.2, 0.25) is 0 Å². The molecular weight excluding hydrogens is 394 g/mol. The van der Waals surface area contributed by atoms with Crippen LogP contribution in [0.5, 0.6) is 0 Å². The summed E-state index contributed by atoms with van der Waals surface area (Å²) in [5.74, 6) is -5.82. The topological polar surface area (TPSA) is 188 Å². The first kappa shape index (κ1) is 24.1. The van der Waals surface area contributed by atoms with Crippen LogP contribution in [-0.2, 0) is 19.2 Å². The maximum Gasteiger partial charge on any atom is 0.328 e. The molecule has 0 aromatic heterocycles. The van der Waals surface area contributed by atoms with Crippen molar-refractivity contribution < 1.29 is 29.4 Å². The number of amides is 2. The van der Waals surface area contributed by atoms with Crippen LogP contribution in [0.4, 0.5) is 0 Å². The first-order chi connectivity index (χ1) is 14.0. The molecular formula is C19H25N5O6. The molecule has 0 heterocycles. The average Bonchev–Trinajstić information content (AvgIpc) is 2.64. The Kier molecular flexibility index (Phi) is 9.01. The van der Waals surface area contributed by atoms with Crippen LogP contribution in [0, 0.1) is 5.92 Å². The highest BCUT2D eigenvalue weighted by Gasteiger charge is 2.37. The zero-order valence-corrected chi connectivity index (χ0v) is 16.6. The Morgan fingerprint density at radius 3 is 2.20 bits per heavy atom. The van der Waals surface area contributed by atoms with Crippen molar-refractivity contribution in [3.63, 3.8) is 0 Å². The fourth-order valence-electron chi connectivity index (χ4n) is 2.54. The van der Waals surface area contributed by atoms with Gasteiger partial charge in [-0.3, -0.25) is 14.4 Å². The van der Waals surface area contributed by atoms with Gasteiger partial charge in [-0.15, -0.1) is 5.10 Å². The fourth-order valence-corrected chi connectivity index (χ4v) is 2.54. The molecule has 2 atom stereocenters. The van der Waals surface area contributed by atoms with Gasteiger partial charge in [0.2, 0.25) is 11.9 Å². The minimum Gasteiger partial charge on any atom is -0.481 e. The molecule has 30 heavy (non-hydrogen) atoms. The highest BCUT2D eigenvalue weighted by atomic mass is 16.4. The molecule has 7 N–H and O–H groups in total. The molecule has 162 valence electrons. The number of nitrogens with one attached hydrogen (secondary N) is 1. The van der Waals surface area contributed by atoms with Gasteiger partial charge < -0.3 is 27.0 Å². The fraction of sp³-hybridized carbons (Fsp3) is 0.316. The summed E-state index contributed by atoms with van der Waals surface area (Å²) in [6, 6.07) is 5.73. The SMILES string of the molecule is CC(C)[C@@H](C(=O)O)N(N=C(N)N)C(=O)[C@H](CC(=O)O)NC(=O)C=Cc1ccccc1. The summed E-state index contributed by atoms with van der Waals surface area (Å²) in [5, 5.41) is 24.9. The molecule has 1 aromatic rings. The molecule has 0 spiro atoms. The van der Waals surface area contributed by atoms with Crippen LogP contribution in [0.15, 0.2) is 41.5 Å². The highest BCUT2D eigenvalue weighted by molar-refractivity contribution is 5.98. The van der Waals surface area contributed by atoms with Crippen molar-refractivity contribution in [2.75, 3.05) is 0 Å². The lowest BCUT2D eigenvalue weighted by atomic mass is 10.0. The van der Waals surface area contributed by atoms with E-state index < -0.39 is 54.1 Å². The molecule has 0 radical (unpaired) electrons. The van der Waals surface area contributed by atoms with E-state index in [1.165, 1.54) is 19.9 Å². The van der Waals surface area contributed by atoms with Crippen molar-refractivity contribution in [3.05, 3.63) is 42.0 Å². The van der Waals surface area contributed by atoms with Crippen molar-refractivity contribution >= 4 is 35.8 Å². The van der Waals surface area contributed by atoms with Gasteiger partial charge >= 0.3 is 11.9 Å². The van der Waals surface area contributed by atoms with Crippen molar-refractivity contribution in [2.24, 2.45) is 22.5 Å². The number of hydrogen-bond acceptors (Lipinski definition) is 5. The number of hydrogen-bond donors (Lipinski definition) is 5. The molecule has 0 unspecified atom stereocenters. The van der Waals surface area contributed by atoms with E-state index in [1.54, 1.807) is 30.3 Å². The van der Waals surface area contributed by atoms with Crippen LogP contribution in [0.25, 0.3) is 6.08 Å². The van der Waals surface area contributed by atoms with Gasteiger partial charge in [-0.05, 0) is 17.6 Å².